The molecule has 34 heavy (non-hydrogen) atoms. The Kier molecular flexibility index (Phi) is 6.52. The van der Waals surface area contributed by atoms with Crippen LogP contribution < -0.4 is 16.4 Å². The van der Waals surface area contributed by atoms with Crippen LogP contribution in [0.5, 0.6) is 0 Å². The summed E-state index contributed by atoms with van der Waals surface area (Å²) in [5.74, 6) is 0. The van der Waals surface area contributed by atoms with Crippen LogP contribution in [0.15, 0.2) is 52.1 Å². The second-order valence-corrected chi connectivity index (χ2v) is 12.0. The maximum Gasteiger partial charge on any atom is 0.407 e. The van der Waals surface area contributed by atoms with Gasteiger partial charge in [-0.2, -0.15) is 0 Å². The zero-order chi connectivity index (χ0) is 24.7. The van der Waals surface area contributed by atoms with Gasteiger partial charge in [0.25, 0.3) is 10.0 Å². The first-order valence-electron chi connectivity index (χ1n) is 11.0. The van der Waals surface area contributed by atoms with Crippen LogP contribution in [-0.4, -0.2) is 41.2 Å². The Morgan fingerprint density at radius 3 is 2.56 bits per heavy atom. The van der Waals surface area contributed by atoms with Crippen molar-refractivity contribution in [1.82, 2.24) is 14.3 Å². The number of ether oxygens (including phenoxy) is 1. The van der Waals surface area contributed by atoms with Gasteiger partial charge >= 0.3 is 6.09 Å². The Balaban J connectivity index is 1.59. The molecule has 182 valence electrons. The van der Waals surface area contributed by atoms with E-state index < -0.39 is 21.7 Å². The van der Waals surface area contributed by atoms with Crippen LogP contribution in [0.2, 0.25) is 0 Å². The molecule has 1 amide bonds. The number of rotatable bonds is 5. The van der Waals surface area contributed by atoms with Crippen LogP contribution in [0.1, 0.15) is 40.0 Å². The van der Waals surface area contributed by atoms with Crippen molar-refractivity contribution in [2.45, 2.75) is 62.6 Å². The third-order valence-corrected chi connectivity index (χ3v) is 7.83. The van der Waals surface area contributed by atoms with Crippen molar-refractivity contribution in [2.75, 3.05) is 11.1 Å². The first-order valence-corrected chi connectivity index (χ1v) is 13.2. The van der Waals surface area contributed by atoms with Gasteiger partial charge in [-0.05, 0) is 68.1 Å². The lowest BCUT2D eigenvalue weighted by atomic mass is 10.2. The quantitative estimate of drug-likeness (QED) is 0.428. The average Bonchev–Trinajstić information content (AvgIpc) is 3.33. The molecule has 4 rings (SSSR count). The lowest BCUT2D eigenvalue weighted by molar-refractivity contribution is 0.0505. The van der Waals surface area contributed by atoms with Crippen molar-refractivity contribution in [1.29, 1.82) is 0 Å². The summed E-state index contributed by atoms with van der Waals surface area (Å²) in [4.78, 5) is 16.6. The molecule has 4 N–H and O–H groups in total. The smallest absolute Gasteiger partial charge is 0.407 e. The lowest BCUT2D eigenvalue weighted by Gasteiger charge is -2.22. The topological polar surface area (TPSA) is 128 Å². The predicted octanol–water partition coefficient (Wildman–Crippen LogP) is 4.48. The number of carbonyl (C=O) groups excluding carboxylic acids is 1. The van der Waals surface area contributed by atoms with Crippen molar-refractivity contribution in [3.8, 4) is 0 Å². The maximum atomic E-state index is 13.2. The molecule has 1 fully saturated rings. The molecule has 2 heterocycles. The summed E-state index contributed by atoms with van der Waals surface area (Å²) in [5, 5.41) is 6.96. The number of benzene rings is 1. The molecule has 0 saturated heterocycles. The molecule has 2 aromatic heterocycles. The van der Waals surface area contributed by atoms with Gasteiger partial charge in [0.1, 0.15) is 5.60 Å². The van der Waals surface area contributed by atoms with Crippen molar-refractivity contribution in [3.63, 3.8) is 0 Å². The molecule has 1 aliphatic rings. The SMILES string of the molecule is CC(C)(C)OC(=O)N[C@@H]1CC[C@@H](Nc2c(N)cnc3c2c(Br)cn3S(=O)(=O)c2ccccc2)C1. The average molecular weight is 550 g/mol. The Bertz CT molecular complexity index is 1320. The molecule has 0 bridgehead atoms. The second-order valence-electron chi connectivity index (χ2n) is 9.38. The number of halogens is 1. The molecule has 1 aromatic carbocycles. The molecule has 1 aliphatic carbocycles. The van der Waals surface area contributed by atoms with E-state index in [9.17, 15) is 13.2 Å². The summed E-state index contributed by atoms with van der Waals surface area (Å²) >= 11 is 3.50. The summed E-state index contributed by atoms with van der Waals surface area (Å²) in [5.41, 5.74) is 6.99. The molecule has 3 aromatic rings. The van der Waals surface area contributed by atoms with E-state index in [0.29, 0.717) is 27.7 Å². The van der Waals surface area contributed by atoms with Gasteiger partial charge in [0.2, 0.25) is 0 Å². The van der Waals surface area contributed by atoms with E-state index in [-0.39, 0.29) is 22.6 Å². The highest BCUT2D eigenvalue weighted by atomic mass is 79.9. The fourth-order valence-electron chi connectivity index (χ4n) is 4.10. The number of nitrogens with one attached hydrogen (secondary N) is 2. The van der Waals surface area contributed by atoms with Crippen LogP contribution >= 0.6 is 15.9 Å². The van der Waals surface area contributed by atoms with Crippen LogP contribution in [0.4, 0.5) is 16.2 Å². The highest BCUT2D eigenvalue weighted by molar-refractivity contribution is 9.10. The molecular formula is C23H28BrN5O4S. The Morgan fingerprint density at radius 1 is 1.21 bits per heavy atom. The zero-order valence-electron chi connectivity index (χ0n) is 19.2. The predicted molar refractivity (Wildman–Crippen MR) is 135 cm³/mol. The summed E-state index contributed by atoms with van der Waals surface area (Å²) in [6.45, 7) is 5.47. The van der Waals surface area contributed by atoms with Gasteiger partial charge in [0.05, 0.1) is 27.9 Å². The second kappa shape index (κ2) is 9.10. The molecule has 2 atom stereocenters. The molecule has 0 spiro atoms. The third kappa shape index (κ3) is 5.00. The van der Waals surface area contributed by atoms with E-state index >= 15 is 0 Å². The monoisotopic (exact) mass is 549 g/mol. The van der Waals surface area contributed by atoms with E-state index in [1.807, 2.05) is 20.8 Å². The zero-order valence-corrected chi connectivity index (χ0v) is 21.6. The van der Waals surface area contributed by atoms with Gasteiger partial charge in [-0.15, -0.1) is 0 Å². The molecule has 0 unspecified atom stereocenters. The normalized spacial score (nSPS) is 18.7. The summed E-state index contributed by atoms with van der Waals surface area (Å²) in [6, 6.07) is 8.20. The number of hydrogen-bond acceptors (Lipinski definition) is 7. The van der Waals surface area contributed by atoms with E-state index in [0.717, 1.165) is 16.8 Å². The number of aromatic nitrogens is 2. The molecular weight excluding hydrogens is 522 g/mol. The van der Waals surface area contributed by atoms with E-state index in [4.69, 9.17) is 10.5 Å². The number of alkyl carbamates (subject to hydrolysis) is 1. The van der Waals surface area contributed by atoms with Gasteiger partial charge in [-0.25, -0.2) is 22.2 Å². The number of carbonyl (C=O) groups is 1. The van der Waals surface area contributed by atoms with Crippen molar-refractivity contribution < 1.29 is 17.9 Å². The minimum Gasteiger partial charge on any atom is -0.444 e. The Labute approximate surface area is 207 Å². The summed E-state index contributed by atoms with van der Waals surface area (Å²) < 4.78 is 33.6. The third-order valence-electron chi connectivity index (χ3n) is 5.57. The molecule has 9 nitrogen and oxygen atoms in total. The lowest BCUT2D eigenvalue weighted by Crippen LogP contribution is -2.38. The number of nitrogens with two attached hydrogens (primary N) is 1. The highest BCUT2D eigenvalue weighted by Gasteiger charge is 2.30. The van der Waals surface area contributed by atoms with E-state index in [1.165, 1.54) is 12.4 Å². The minimum atomic E-state index is -3.84. The molecule has 0 radical (unpaired) electrons. The molecule has 11 heteroatoms. The van der Waals surface area contributed by atoms with Gasteiger partial charge in [-0.3, -0.25) is 0 Å². The number of hydrogen-bond donors (Lipinski definition) is 3. The van der Waals surface area contributed by atoms with Crippen molar-refractivity contribution in [2.24, 2.45) is 0 Å². The number of amides is 1. The van der Waals surface area contributed by atoms with Gasteiger partial charge in [-0.1, -0.05) is 18.2 Å². The van der Waals surface area contributed by atoms with Gasteiger partial charge in [0.15, 0.2) is 5.65 Å². The van der Waals surface area contributed by atoms with Crippen LogP contribution in [-0.2, 0) is 14.8 Å². The Hall–Kier alpha value is -2.79. The Morgan fingerprint density at radius 2 is 1.88 bits per heavy atom. The standard InChI is InChI=1S/C23H28BrN5O4S/c1-23(2,3)33-22(30)28-15-10-9-14(11-15)27-20-18(25)12-26-21-19(20)17(24)13-29(21)34(31,32)16-7-5-4-6-8-16/h4-8,12-15H,9-11,25H2,1-3H3,(H,26,27)(H,28,30)/t14-,15-/m1/s1. The van der Waals surface area contributed by atoms with Gasteiger partial charge in [0, 0.05) is 22.8 Å². The molecule has 1 saturated carbocycles. The number of fused-ring (bicyclic) bond motifs is 1. The van der Waals surface area contributed by atoms with Crippen LogP contribution in [0.25, 0.3) is 11.0 Å². The fraction of sp³-hybridized carbons (Fsp3) is 0.391. The van der Waals surface area contributed by atoms with Gasteiger partial charge < -0.3 is 21.1 Å². The van der Waals surface area contributed by atoms with Crippen molar-refractivity contribution in [3.05, 3.63) is 47.2 Å². The van der Waals surface area contributed by atoms with E-state index in [1.54, 1.807) is 30.3 Å². The number of nitrogens with zero attached hydrogens (tertiary/aromatic N) is 2. The minimum absolute atomic E-state index is 0.0302. The number of anilines is 2. The maximum absolute atomic E-state index is 13.2. The largest absolute Gasteiger partial charge is 0.444 e. The summed E-state index contributed by atoms with van der Waals surface area (Å²) in [7, 11) is -3.84. The van der Waals surface area contributed by atoms with Crippen LogP contribution in [0, 0.1) is 0 Å². The van der Waals surface area contributed by atoms with Crippen LogP contribution in [0.3, 0.4) is 0 Å². The van der Waals surface area contributed by atoms with Crippen molar-refractivity contribution >= 4 is 54.5 Å². The first kappa shape index (κ1) is 24.3. The molecule has 0 aliphatic heterocycles. The van der Waals surface area contributed by atoms with E-state index in [2.05, 4.69) is 31.5 Å². The highest BCUT2D eigenvalue weighted by Crippen LogP contribution is 2.38. The first-order chi connectivity index (χ1) is 16.0. The summed E-state index contributed by atoms with van der Waals surface area (Å²) in [6.07, 6.45) is 4.80. The number of nitrogen functional groups attached to an aromatic ring is 1. The number of pyridine rings is 1. The fourth-order valence-corrected chi connectivity index (χ4v) is 6.16.